The van der Waals surface area contributed by atoms with Gasteiger partial charge in [-0.1, -0.05) is 0 Å². The summed E-state index contributed by atoms with van der Waals surface area (Å²) in [5.74, 6) is -0.763. The number of carbonyl (C=O) groups is 1. The molecule has 0 radical (unpaired) electrons. The third-order valence-corrected chi connectivity index (χ3v) is 3.38. The summed E-state index contributed by atoms with van der Waals surface area (Å²) in [7, 11) is 0. The summed E-state index contributed by atoms with van der Waals surface area (Å²) in [6, 6.07) is 7.83. The first-order chi connectivity index (χ1) is 5.72. The second-order valence-corrected chi connectivity index (χ2v) is 4.71. The van der Waals surface area contributed by atoms with Crippen LogP contribution < -0.4 is 21.2 Å². The Morgan fingerprint density at radius 2 is 2.33 bits per heavy atom. The molecule has 3 heteroatoms. The molecule has 1 rings (SSSR count). The maximum absolute atomic E-state index is 10.4. The molecule has 0 amide bonds. The van der Waals surface area contributed by atoms with Crippen LogP contribution in [0.5, 0.6) is 0 Å². The summed E-state index contributed by atoms with van der Waals surface area (Å²) >= 11 is 0.0737. The standard InChI is InChI=1S/C9H10IO2/c1-10-8-4-2-3-7(5-8)6-9(11)12/h2-5H,6H2,1H3,(H,11,12)/q-1. The normalized spacial score (nSPS) is 10.1. The Morgan fingerprint density at radius 1 is 1.58 bits per heavy atom. The van der Waals surface area contributed by atoms with Gasteiger partial charge in [-0.05, 0) is 0 Å². The summed E-state index contributed by atoms with van der Waals surface area (Å²) in [4.78, 5) is 12.5. The van der Waals surface area contributed by atoms with Crippen molar-refractivity contribution in [3.63, 3.8) is 0 Å². The average molecular weight is 277 g/mol. The van der Waals surface area contributed by atoms with Crippen LogP contribution in [-0.4, -0.2) is 16.0 Å². The first-order valence-electron chi connectivity index (χ1n) is 3.52. The van der Waals surface area contributed by atoms with Crippen LogP contribution in [0.4, 0.5) is 0 Å². The van der Waals surface area contributed by atoms with Crippen molar-refractivity contribution < 1.29 is 31.1 Å². The Morgan fingerprint density at radius 3 is 2.92 bits per heavy atom. The third kappa shape index (κ3) is 2.81. The second kappa shape index (κ2) is 4.45. The van der Waals surface area contributed by atoms with Gasteiger partial charge in [-0.15, -0.1) is 0 Å². The van der Waals surface area contributed by atoms with Crippen molar-refractivity contribution in [1.82, 2.24) is 0 Å². The van der Waals surface area contributed by atoms with Crippen molar-refractivity contribution in [2.45, 2.75) is 6.42 Å². The van der Waals surface area contributed by atoms with Crippen LogP contribution in [0.1, 0.15) is 5.56 Å². The molecule has 0 unspecified atom stereocenters. The zero-order chi connectivity index (χ0) is 8.97. The van der Waals surface area contributed by atoms with Crippen LogP contribution in [-0.2, 0) is 11.2 Å². The molecular weight excluding hydrogens is 267 g/mol. The first-order valence-corrected chi connectivity index (χ1v) is 6.76. The SMILES string of the molecule is C[I-]c1cccc(CC(=O)O)c1. The fourth-order valence-corrected chi connectivity index (χ4v) is 2.22. The number of rotatable bonds is 3. The van der Waals surface area contributed by atoms with Crippen LogP contribution in [0.2, 0.25) is 0 Å². The van der Waals surface area contributed by atoms with Gasteiger partial charge in [0.25, 0.3) is 0 Å². The topological polar surface area (TPSA) is 37.3 Å². The van der Waals surface area contributed by atoms with E-state index in [1.807, 2.05) is 18.2 Å². The number of aliphatic carboxylic acids is 1. The van der Waals surface area contributed by atoms with Crippen LogP contribution in [0, 0.1) is 3.57 Å². The summed E-state index contributed by atoms with van der Waals surface area (Å²) in [6.45, 7) is 0. The Balaban J connectivity index is 2.79. The minimum atomic E-state index is -0.763. The van der Waals surface area contributed by atoms with Gasteiger partial charge in [0.1, 0.15) is 0 Å². The van der Waals surface area contributed by atoms with Gasteiger partial charge >= 0.3 is 81.8 Å². The molecule has 66 valence electrons. The zero-order valence-corrected chi connectivity index (χ0v) is 8.91. The number of halogens is 1. The van der Waals surface area contributed by atoms with Crippen LogP contribution >= 0.6 is 0 Å². The first kappa shape index (κ1) is 9.51. The molecule has 0 saturated carbocycles. The Kier molecular flexibility index (Phi) is 3.52. The summed E-state index contributed by atoms with van der Waals surface area (Å²) in [5, 5.41) is 8.54. The van der Waals surface area contributed by atoms with Gasteiger partial charge in [0, 0.05) is 0 Å². The van der Waals surface area contributed by atoms with Crippen molar-refractivity contribution in [3.8, 4) is 0 Å². The molecule has 1 aromatic rings. The van der Waals surface area contributed by atoms with Crippen LogP contribution in [0.3, 0.4) is 0 Å². The molecule has 0 heterocycles. The van der Waals surface area contributed by atoms with E-state index in [1.54, 1.807) is 0 Å². The molecule has 0 saturated heterocycles. The van der Waals surface area contributed by atoms with Gasteiger partial charge < -0.3 is 0 Å². The second-order valence-electron chi connectivity index (χ2n) is 2.39. The van der Waals surface area contributed by atoms with Crippen molar-refractivity contribution in [2.24, 2.45) is 0 Å². The maximum atomic E-state index is 10.4. The molecular formula is C9H10IO2-. The zero-order valence-electron chi connectivity index (χ0n) is 6.75. The molecule has 0 bridgehead atoms. The van der Waals surface area contributed by atoms with E-state index in [2.05, 4.69) is 11.0 Å². The van der Waals surface area contributed by atoms with Crippen molar-refractivity contribution >= 4 is 5.97 Å². The fraction of sp³-hybridized carbons (Fsp3) is 0.222. The molecule has 0 aliphatic carbocycles. The predicted octanol–water partition coefficient (Wildman–Crippen LogP) is -1.80. The Hall–Kier alpha value is -0.580. The van der Waals surface area contributed by atoms with E-state index in [1.165, 1.54) is 3.57 Å². The number of hydrogen-bond acceptors (Lipinski definition) is 1. The molecule has 0 aliphatic heterocycles. The molecule has 0 fully saturated rings. The van der Waals surface area contributed by atoms with Gasteiger partial charge in [-0.25, -0.2) is 0 Å². The van der Waals surface area contributed by atoms with E-state index in [4.69, 9.17) is 5.11 Å². The molecule has 1 N–H and O–H groups in total. The van der Waals surface area contributed by atoms with Gasteiger partial charge in [0.05, 0.1) is 0 Å². The number of carboxylic acid groups (broad SMARTS) is 1. The number of carboxylic acids is 1. The average Bonchev–Trinajstić information content (AvgIpc) is 2.03. The molecule has 0 aromatic heterocycles. The van der Waals surface area contributed by atoms with E-state index in [9.17, 15) is 4.79 Å². The minimum absolute atomic E-state index is 0.0737. The molecule has 0 aliphatic rings. The van der Waals surface area contributed by atoms with Crippen molar-refractivity contribution in [2.75, 3.05) is 4.93 Å². The predicted molar refractivity (Wildman–Crippen MR) is 42.4 cm³/mol. The third-order valence-electron chi connectivity index (χ3n) is 1.46. The van der Waals surface area contributed by atoms with E-state index in [0.29, 0.717) is 0 Å². The number of hydrogen-bond donors (Lipinski definition) is 1. The number of benzene rings is 1. The van der Waals surface area contributed by atoms with E-state index in [-0.39, 0.29) is 27.6 Å². The quantitative estimate of drug-likeness (QED) is 0.523. The summed E-state index contributed by atoms with van der Waals surface area (Å²) in [5.41, 5.74) is 0.904. The van der Waals surface area contributed by atoms with Gasteiger partial charge in [-0.2, -0.15) is 0 Å². The molecule has 0 spiro atoms. The molecule has 1 aromatic carbocycles. The van der Waals surface area contributed by atoms with Crippen LogP contribution in [0.15, 0.2) is 24.3 Å². The molecule has 2 nitrogen and oxygen atoms in total. The van der Waals surface area contributed by atoms with Crippen molar-refractivity contribution in [3.05, 3.63) is 33.4 Å². The van der Waals surface area contributed by atoms with Gasteiger partial charge in [0.2, 0.25) is 0 Å². The van der Waals surface area contributed by atoms with Crippen molar-refractivity contribution in [1.29, 1.82) is 0 Å². The van der Waals surface area contributed by atoms with E-state index < -0.39 is 5.97 Å². The van der Waals surface area contributed by atoms with E-state index in [0.717, 1.165) is 5.56 Å². The summed E-state index contributed by atoms with van der Waals surface area (Å²) in [6.07, 6.45) is 0.136. The van der Waals surface area contributed by atoms with Crippen LogP contribution in [0.25, 0.3) is 0 Å². The Bertz CT molecular complexity index is 284. The number of alkyl halides is 1. The summed E-state index contributed by atoms with van der Waals surface area (Å²) < 4.78 is 1.30. The van der Waals surface area contributed by atoms with Gasteiger partial charge in [-0.3, -0.25) is 0 Å². The van der Waals surface area contributed by atoms with E-state index >= 15 is 0 Å². The Labute approximate surface area is 81.9 Å². The monoisotopic (exact) mass is 277 g/mol. The fourth-order valence-electron chi connectivity index (χ4n) is 0.939. The molecule has 0 atom stereocenters. The molecule has 12 heavy (non-hydrogen) atoms. The van der Waals surface area contributed by atoms with Gasteiger partial charge in [0.15, 0.2) is 0 Å².